The van der Waals surface area contributed by atoms with Crippen molar-refractivity contribution < 1.29 is 50.1 Å². The van der Waals surface area contributed by atoms with Gasteiger partial charge >= 0.3 is 11.9 Å². The second-order valence-corrected chi connectivity index (χ2v) is 11.7. The summed E-state index contributed by atoms with van der Waals surface area (Å²) < 4.78 is 5.13. The molecule has 0 heterocycles. The van der Waals surface area contributed by atoms with Crippen molar-refractivity contribution in [3.63, 3.8) is 0 Å². The summed E-state index contributed by atoms with van der Waals surface area (Å²) in [6.45, 7) is 7.44. The number of aliphatic hydroxyl groups is 6. The van der Waals surface area contributed by atoms with Crippen molar-refractivity contribution in [1.29, 1.82) is 0 Å². The number of hydrogen-bond donors (Lipinski definition) is 7. The quantitative estimate of drug-likeness (QED) is 0.0753. The maximum atomic E-state index is 12.1. The summed E-state index contributed by atoms with van der Waals surface area (Å²) in [6.07, 6.45) is 9.92. The highest BCUT2D eigenvalue weighted by Gasteiger charge is 2.40. The van der Waals surface area contributed by atoms with Crippen molar-refractivity contribution in [2.24, 2.45) is 17.8 Å². The van der Waals surface area contributed by atoms with Gasteiger partial charge in [-0.05, 0) is 25.3 Å². The van der Waals surface area contributed by atoms with Crippen LogP contribution in [-0.4, -0.2) is 90.4 Å². The highest BCUT2D eigenvalue weighted by Crippen LogP contribution is 2.28. The summed E-state index contributed by atoms with van der Waals surface area (Å²) in [5.74, 6) is -3.16. The van der Waals surface area contributed by atoms with Crippen molar-refractivity contribution in [2.45, 2.75) is 89.7 Å². The van der Waals surface area contributed by atoms with Crippen molar-refractivity contribution in [3.8, 4) is 0 Å². The van der Waals surface area contributed by atoms with Crippen LogP contribution in [0.25, 0.3) is 0 Å². The van der Waals surface area contributed by atoms with E-state index in [2.05, 4.69) is 0 Å². The minimum Gasteiger partial charge on any atom is -0.481 e. The molecule has 7 N–H and O–H groups in total. The van der Waals surface area contributed by atoms with Crippen molar-refractivity contribution in [1.82, 2.24) is 0 Å². The van der Waals surface area contributed by atoms with E-state index >= 15 is 0 Å². The molecule has 9 atom stereocenters. The standard InChI is InChI=1S/C33H47ClO10/c1-20(2)11-5-8-14-24(35)19-27(37)32(41)30(39)22(4)25(34)15-9-6-12-21(3)13-7-10-16-29(38)44-28-18-23(33(42)43)17-26(36)31(28)40/h5-16,20,22-24,26-28,30-32,35-37,39-41H,17-19H2,1-4H3,(H,42,43)/b9-6+,11-5+,13-7+,14-8+,16-10+,21-12+,25-15-/t22-,23+,24+,26?,27-,28-,30-,31+,32-/m1/s1. The van der Waals surface area contributed by atoms with Crippen LogP contribution in [-0.2, 0) is 14.3 Å². The Hall–Kier alpha value is -2.83. The van der Waals surface area contributed by atoms with Crippen LogP contribution in [0.15, 0.2) is 83.5 Å². The van der Waals surface area contributed by atoms with Gasteiger partial charge in [0.05, 0.1) is 30.3 Å². The minimum absolute atomic E-state index is 0.0885. The monoisotopic (exact) mass is 638 g/mol. The molecule has 1 rings (SSSR count). The molecule has 0 radical (unpaired) electrons. The average Bonchev–Trinajstić information content (AvgIpc) is 2.96. The number of carboxylic acids is 1. The third-order valence-electron chi connectivity index (χ3n) is 6.98. The zero-order valence-electron chi connectivity index (χ0n) is 25.6. The summed E-state index contributed by atoms with van der Waals surface area (Å²) in [5.41, 5.74) is 0.804. The van der Waals surface area contributed by atoms with Crippen LogP contribution in [0.3, 0.4) is 0 Å². The van der Waals surface area contributed by atoms with E-state index in [1.807, 2.05) is 19.9 Å². The van der Waals surface area contributed by atoms with E-state index in [0.717, 1.165) is 11.6 Å². The van der Waals surface area contributed by atoms with Crippen LogP contribution < -0.4 is 0 Å². The number of hydrogen-bond acceptors (Lipinski definition) is 9. The largest absolute Gasteiger partial charge is 0.481 e. The number of esters is 1. The Morgan fingerprint density at radius 1 is 0.864 bits per heavy atom. The first-order valence-corrected chi connectivity index (χ1v) is 14.9. The lowest BCUT2D eigenvalue weighted by Gasteiger charge is -2.34. The Labute approximate surface area is 264 Å². The Morgan fingerprint density at radius 2 is 1.48 bits per heavy atom. The van der Waals surface area contributed by atoms with Gasteiger partial charge in [-0.15, -0.1) is 0 Å². The summed E-state index contributed by atoms with van der Waals surface area (Å²) in [7, 11) is 0. The predicted octanol–water partition coefficient (Wildman–Crippen LogP) is 3.09. The highest BCUT2D eigenvalue weighted by molar-refractivity contribution is 6.30. The molecule has 1 aliphatic rings. The van der Waals surface area contributed by atoms with E-state index in [1.165, 1.54) is 12.2 Å². The third-order valence-corrected chi connectivity index (χ3v) is 7.45. The number of aliphatic carboxylic acids is 1. The first-order valence-electron chi connectivity index (χ1n) is 14.6. The Bertz CT molecular complexity index is 1120. The zero-order valence-corrected chi connectivity index (χ0v) is 26.3. The van der Waals surface area contributed by atoms with Crippen LogP contribution >= 0.6 is 11.6 Å². The van der Waals surface area contributed by atoms with E-state index in [9.17, 15) is 40.2 Å². The van der Waals surface area contributed by atoms with E-state index in [1.54, 1.807) is 62.5 Å². The molecule has 0 aromatic heterocycles. The predicted molar refractivity (Wildman–Crippen MR) is 168 cm³/mol. The maximum Gasteiger partial charge on any atom is 0.331 e. The number of aliphatic hydroxyl groups excluding tert-OH is 6. The average molecular weight is 639 g/mol. The van der Waals surface area contributed by atoms with Gasteiger partial charge < -0.3 is 40.5 Å². The van der Waals surface area contributed by atoms with Crippen LogP contribution in [0.2, 0.25) is 0 Å². The lowest BCUT2D eigenvalue weighted by molar-refractivity contribution is -0.170. The highest BCUT2D eigenvalue weighted by atomic mass is 35.5. The maximum absolute atomic E-state index is 12.1. The zero-order chi connectivity index (χ0) is 33.4. The topological polar surface area (TPSA) is 185 Å². The Morgan fingerprint density at radius 3 is 2.11 bits per heavy atom. The van der Waals surface area contributed by atoms with Gasteiger partial charge in [-0.3, -0.25) is 4.79 Å². The molecule has 0 saturated heterocycles. The van der Waals surface area contributed by atoms with Crippen LogP contribution in [0, 0.1) is 17.8 Å². The molecule has 10 nitrogen and oxygen atoms in total. The number of carboxylic acid groups (broad SMARTS) is 1. The number of allylic oxidation sites excluding steroid dienone is 11. The van der Waals surface area contributed by atoms with Gasteiger partial charge in [0.25, 0.3) is 0 Å². The molecule has 0 aromatic rings. The molecule has 0 amide bonds. The van der Waals surface area contributed by atoms with Gasteiger partial charge in [0.15, 0.2) is 0 Å². The lowest BCUT2D eigenvalue weighted by Crippen LogP contribution is -2.48. The second-order valence-electron chi connectivity index (χ2n) is 11.3. The van der Waals surface area contributed by atoms with E-state index < -0.39 is 66.5 Å². The first-order chi connectivity index (χ1) is 20.6. The van der Waals surface area contributed by atoms with Crippen molar-refractivity contribution >= 4 is 23.5 Å². The molecule has 246 valence electrons. The summed E-state index contributed by atoms with van der Waals surface area (Å²) >= 11 is 6.29. The normalized spacial score (nSPS) is 25.8. The number of carbonyl (C=O) groups excluding carboxylic acids is 1. The Kier molecular flexibility index (Phi) is 18.0. The molecule has 11 heteroatoms. The number of carbonyl (C=O) groups is 2. The molecular weight excluding hydrogens is 592 g/mol. The third kappa shape index (κ3) is 14.8. The molecule has 44 heavy (non-hydrogen) atoms. The first kappa shape index (κ1) is 39.2. The number of ether oxygens (including phenoxy) is 1. The van der Waals surface area contributed by atoms with Crippen molar-refractivity contribution in [3.05, 3.63) is 83.5 Å². The lowest BCUT2D eigenvalue weighted by atomic mass is 9.83. The van der Waals surface area contributed by atoms with E-state index in [0.29, 0.717) is 5.92 Å². The molecule has 1 fully saturated rings. The molecule has 0 spiro atoms. The summed E-state index contributed by atoms with van der Waals surface area (Å²) in [4.78, 5) is 23.3. The summed E-state index contributed by atoms with van der Waals surface area (Å²) in [5, 5.41) is 70.4. The van der Waals surface area contributed by atoms with Crippen LogP contribution in [0.1, 0.15) is 47.0 Å². The molecule has 0 aromatic carbocycles. The fraction of sp³-hybridized carbons (Fsp3) is 0.515. The van der Waals surface area contributed by atoms with Crippen molar-refractivity contribution in [2.75, 3.05) is 0 Å². The van der Waals surface area contributed by atoms with E-state index in [4.69, 9.17) is 21.4 Å². The fourth-order valence-electron chi connectivity index (χ4n) is 4.24. The fourth-order valence-corrected chi connectivity index (χ4v) is 4.44. The minimum atomic E-state index is -1.52. The smallest absolute Gasteiger partial charge is 0.331 e. The van der Waals surface area contributed by atoms with Gasteiger partial charge in [0, 0.05) is 29.9 Å². The molecule has 0 bridgehead atoms. The molecule has 1 saturated carbocycles. The molecule has 1 aliphatic carbocycles. The second kappa shape index (κ2) is 20.2. The number of rotatable bonds is 16. The van der Waals surface area contributed by atoms with Gasteiger partial charge in [-0.25, -0.2) is 4.79 Å². The van der Waals surface area contributed by atoms with Gasteiger partial charge in [0.1, 0.15) is 18.3 Å². The van der Waals surface area contributed by atoms with Crippen LogP contribution in [0.4, 0.5) is 0 Å². The van der Waals surface area contributed by atoms with Crippen LogP contribution in [0.5, 0.6) is 0 Å². The summed E-state index contributed by atoms with van der Waals surface area (Å²) in [6, 6.07) is 0. The molecule has 1 unspecified atom stereocenters. The van der Waals surface area contributed by atoms with Gasteiger partial charge in [-0.1, -0.05) is 98.7 Å². The van der Waals surface area contributed by atoms with Gasteiger partial charge in [-0.2, -0.15) is 0 Å². The SMILES string of the molecule is CC(/C=C/C=C/C(=O)O[C@@H]1C[C@@H](C(=O)O)CC(O)[C@@H]1O)=C\C=C\C=C(/Cl)[C@@H](C)[C@@H](O)[C@H](O)[C@H](O)C[C@@H](O)/C=C/C=C/C(C)C. The number of halogens is 1. The molecular formula is C33H47ClO10. The Balaban J connectivity index is 2.59. The van der Waals surface area contributed by atoms with Gasteiger partial charge in [0.2, 0.25) is 0 Å². The van der Waals surface area contributed by atoms with E-state index in [-0.39, 0.29) is 24.3 Å². The molecule has 0 aliphatic heterocycles.